The third-order valence-electron chi connectivity index (χ3n) is 2.25. The van der Waals surface area contributed by atoms with Crippen molar-refractivity contribution in [3.8, 4) is 0 Å². The highest BCUT2D eigenvalue weighted by Crippen LogP contribution is 2.17. The molecule has 1 heteroatoms. The van der Waals surface area contributed by atoms with Crippen LogP contribution in [0, 0.1) is 20.8 Å². The molecule has 0 spiro atoms. The van der Waals surface area contributed by atoms with E-state index < -0.39 is 0 Å². The Bertz CT molecular complexity index is 316. The fourth-order valence-corrected chi connectivity index (χ4v) is 1.20. The van der Waals surface area contributed by atoms with Gasteiger partial charge in [-0.1, -0.05) is 18.7 Å². The van der Waals surface area contributed by atoms with Crippen LogP contribution in [0.25, 0.3) is 6.08 Å². The summed E-state index contributed by atoms with van der Waals surface area (Å²) in [5, 5.41) is 0. The van der Waals surface area contributed by atoms with Gasteiger partial charge in [0.15, 0.2) is 0 Å². The lowest BCUT2D eigenvalue weighted by molar-refractivity contribution is 1.22. The van der Waals surface area contributed by atoms with Gasteiger partial charge in [0.2, 0.25) is 0 Å². The second-order valence-corrected chi connectivity index (χ2v) is 3.01. The Morgan fingerprint density at radius 2 is 1.83 bits per heavy atom. The monoisotopic (exact) mass is 161 g/mol. The minimum atomic E-state index is 1.19. The zero-order valence-electron chi connectivity index (χ0n) is 7.94. The van der Waals surface area contributed by atoms with Crippen molar-refractivity contribution in [3.63, 3.8) is 0 Å². The summed E-state index contributed by atoms with van der Waals surface area (Å²) >= 11 is 0. The van der Waals surface area contributed by atoms with Crippen molar-refractivity contribution >= 4 is 6.08 Å². The van der Waals surface area contributed by atoms with Gasteiger partial charge in [-0.2, -0.15) is 0 Å². The number of hydrogen-bond acceptors (Lipinski definition) is 0. The van der Waals surface area contributed by atoms with Crippen molar-refractivity contribution in [1.29, 1.82) is 0 Å². The van der Waals surface area contributed by atoms with Crippen LogP contribution in [0.5, 0.6) is 0 Å². The highest BCUT2D eigenvalue weighted by Gasteiger charge is 2.03. The van der Waals surface area contributed by atoms with E-state index in [9.17, 15) is 0 Å². The molecule has 0 atom stereocenters. The molecule has 1 aromatic heterocycles. The number of H-pyrrole nitrogens is 1. The summed E-state index contributed by atoms with van der Waals surface area (Å²) in [5.41, 5.74) is 5.10. The van der Waals surface area contributed by atoms with Gasteiger partial charge in [0.25, 0.3) is 0 Å². The Balaban J connectivity index is 3.09. The molecule has 0 aliphatic rings. The average molecular weight is 161 g/mol. The van der Waals surface area contributed by atoms with Crippen LogP contribution in [0.2, 0.25) is 0 Å². The quantitative estimate of drug-likeness (QED) is 0.641. The van der Waals surface area contributed by atoms with E-state index in [-0.39, 0.29) is 0 Å². The summed E-state index contributed by atoms with van der Waals surface area (Å²) in [6.07, 6.45) is 5.77. The molecule has 0 bridgehead atoms. The predicted octanol–water partition coefficient (Wildman–Crippen LogP) is 3.14. The van der Waals surface area contributed by atoms with E-state index in [2.05, 4.69) is 32.3 Å². The first-order valence-corrected chi connectivity index (χ1v) is 4.11. The molecule has 0 saturated heterocycles. The van der Waals surface area contributed by atoms with Crippen LogP contribution >= 0.6 is 0 Å². The summed E-state index contributed by atoms with van der Waals surface area (Å²) in [6.45, 7) is 9.98. The molecule has 0 aromatic carbocycles. The minimum absolute atomic E-state index is 1.19. The molecule has 64 valence electrons. The first-order chi connectivity index (χ1) is 5.66. The first-order valence-electron chi connectivity index (χ1n) is 4.11. The van der Waals surface area contributed by atoms with E-state index >= 15 is 0 Å². The van der Waals surface area contributed by atoms with Crippen LogP contribution in [-0.2, 0) is 0 Å². The first kappa shape index (κ1) is 8.85. The molecule has 0 saturated carbocycles. The maximum Gasteiger partial charge on any atom is 0.0414 e. The largest absolute Gasteiger partial charge is 0.359 e. The highest BCUT2D eigenvalue weighted by molar-refractivity contribution is 5.54. The van der Waals surface area contributed by atoms with E-state index in [0.29, 0.717) is 0 Å². The van der Waals surface area contributed by atoms with E-state index in [1.807, 2.05) is 12.2 Å². The molecule has 0 aliphatic carbocycles. The standard InChI is InChI=1S/C11H15N/c1-5-6-7-11-9(3)8(2)10(4)12-11/h5-7,12H,1H2,2-4H3/b7-6-. The predicted molar refractivity (Wildman–Crippen MR) is 54.2 cm³/mol. The zero-order chi connectivity index (χ0) is 9.14. The van der Waals surface area contributed by atoms with Crippen molar-refractivity contribution in [2.75, 3.05) is 0 Å². The third kappa shape index (κ3) is 1.50. The molecular weight excluding hydrogens is 146 g/mol. The molecule has 1 N–H and O–H groups in total. The van der Waals surface area contributed by atoms with Crippen molar-refractivity contribution in [3.05, 3.63) is 41.2 Å². The number of nitrogens with one attached hydrogen (secondary N) is 1. The Hall–Kier alpha value is -1.24. The molecule has 0 aliphatic heterocycles. The molecule has 1 rings (SSSR count). The Morgan fingerprint density at radius 1 is 1.17 bits per heavy atom. The second kappa shape index (κ2) is 3.44. The summed E-state index contributed by atoms with van der Waals surface area (Å²) in [7, 11) is 0. The molecule has 1 aromatic rings. The van der Waals surface area contributed by atoms with E-state index in [4.69, 9.17) is 0 Å². The molecule has 12 heavy (non-hydrogen) atoms. The maximum absolute atomic E-state index is 3.63. The van der Waals surface area contributed by atoms with Crippen LogP contribution < -0.4 is 0 Å². The van der Waals surface area contributed by atoms with Crippen molar-refractivity contribution in [1.82, 2.24) is 4.98 Å². The Kier molecular flexibility index (Phi) is 2.54. The minimum Gasteiger partial charge on any atom is -0.359 e. The average Bonchev–Trinajstić information content (AvgIpc) is 2.30. The maximum atomic E-state index is 3.63. The Labute approximate surface area is 73.8 Å². The van der Waals surface area contributed by atoms with Gasteiger partial charge in [0.05, 0.1) is 0 Å². The van der Waals surface area contributed by atoms with Gasteiger partial charge in [0, 0.05) is 11.4 Å². The molecule has 0 fully saturated rings. The van der Waals surface area contributed by atoms with E-state index in [0.717, 1.165) is 0 Å². The fourth-order valence-electron chi connectivity index (χ4n) is 1.20. The normalized spacial score (nSPS) is 10.9. The van der Waals surface area contributed by atoms with Crippen LogP contribution in [0.1, 0.15) is 22.5 Å². The lowest BCUT2D eigenvalue weighted by atomic mass is 10.1. The van der Waals surface area contributed by atoms with Gasteiger partial charge in [-0.3, -0.25) is 0 Å². The number of aromatic nitrogens is 1. The van der Waals surface area contributed by atoms with E-state index in [1.54, 1.807) is 6.08 Å². The molecule has 1 heterocycles. The van der Waals surface area contributed by atoms with Crippen molar-refractivity contribution in [2.24, 2.45) is 0 Å². The summed E-state index contributed by atoms with van der Waals surface area (Å²) in [4.78, 5) is 3.31. The fraction of sp³-hybridized carbons (Fsp3) is 0.273. The topological polar surface area (TPSA) is 15.8 Å². The SMILES string of the molecule is C=C/C=C\c1[nH]c(C)c(C)c1C. The number of allylic oxidation sites excluding steroid dienone is 2. The van der Waals surface area contributed by atoms with Crippen LogP contribution in [0.4, 0.5) is 0 Å². The van der Waals surface area contributed by atoms with Gasteiger partial charge in [-0.15, -0.1) is 0 Å². The van der Waals surface area contributed by atoms with Crippen molar-refractivity contribution < 1.29 is 0 Å². The summed E-state index contributed by atoms with van der Waals surface area (Å²) < 4.78 is 0. The summed E-state index contributed by atoms with van der Waals surface area (Å²) in [6, 6.07) is 0. The third-order valence-corrected chi connectivity index (χ3v) is 2.25. The van der Waals surface area contributed by atoms with Gasteiger partial charge in [-0.05, 0) is 38.0 Å². The smallest absolute Gasteiger partial charge is 0.0414 e. The number of rotatable bonds is 2. The van der Waals surface area contributed by atoms with Crippen LogP contribution in [-0.4, -0.2) is 4.98 Å². The molecular formula is C11H15N. The molecule has 0 unspecified atom stereocenters. The van der Waals surface area contributed by atoms with Crippen molar-refractivity contribution in [2.45, 2.75) is 20.8 Å². The van der Waals surface area contributed by atoms with Gasteiger partial charge in [-0.25, -0.2) is 0 Å². The number of aromatic amines is 1. The Morgan fingerprint density at radius 3 is 2.25 bits per heavy atom. The molecule has 0 radical (unpaired) electrons. The highest BCUT2D eigenvalue weighted by atomic mass is 14.7. The number of aryl methyl sites for hydroxylation is 1. The summed E-state index contributed by atoms with van der Waals surface area (Å²) in [5.74, 6) is 0. The number of hydrogen-bond donors (Lipinski definition) is 1. The van der Waals surface area contributed by atoms with Gasteiger partial charge in [0.1, 0.15) is 0 Å². The lowest BCUT2D eigenvalue weighted by Gasteiger charge is -1.90. The molecule has 1 nitrogen and oxygen atoms in total. The zero-order valence-corrected chi connectivity index (χ0v) is 7.94. The van der Waals surface area contributed by atoms with Gasteiger partial charge >= 0.3 is 0 Å². The second-order valence-electron chi connectivity index (χ2n) is 3.01. The van der Waals surface area contributed by atoms with Crippen LogP contribution in [0.15, 0.2) is 18.7 Å². The van der Waals surface area contributed by atoms with Crippen LogP contribution in [0.3, 0.4) is 0 Å². The lowest BCUT2D eigenvalue weighted by Crippen LogP contribution is -1.75. The van der Waals surface area contributed by atoms with Gasteiger partial charge < -0.3 is 4.98 Å². The molecule has 0 amide bonds. The van der Waals surface area contributed by atoms with E-state index in [1.165, 1.54) is 22.5 Å².